The fourth-order valence-electron chi connectivity index (χ4n) is 3.43. The van der Waals surface area contributed by atoms with Gasteiger partial charge in [0, 0.05) is 35.1 Å². The van der Waals surface area contributed by atoms with E-state index < -0.39 is 5.97 Å². The molecule has 0 unspecified atom stereocenters. The van der Waals surface area contributed by atoms with Gasteiger partial charge in [0.05, 0.1) is 22.3 Å². The van der Waals surface area contributed by atoms with Gasteiger partial charge < -0.3 is 10.1 Å². The minimum atomic E-state index is -1.04. The summed E-state index contributed by atoms with van der Waals surface area (Å²) in [7, 11) is 0. The van der Waals surface area contributed by atoms with E-state index in [1.54, 1.807) is 36.8 Å². The Morgan fingerprint density at radius 2 is 1.80 bits per heavy atom. The number of hydrogen-bond acceptors (Lipinski definition) is 5. The highest BCUT2D eigenvalue weighted by atomic mass is 16.4. The van der Waals surface area contributed by atoms with E-state index in [0.717, 1.165) is 16.3 Å². The van der Waals surface area contributed by atoms with Gasteiger partial charge >= 0.3 is 5.97 Å². The van der Waals surface area contributed by atoms with E-state index in [1.807, 2.05) is 24.3 Å². The Morgan fingerprint density at radius 3 is 2.67 bits per heavy atom. The maximum atomic E-state index is 13.0. The molecule has 0 amide bonds. The van der Waals surface area contributed by atoms with Crippen LogP contribution in [0.15, 0.2) is 73.2 Å². The van der Waals surface area contributed by atoms with E-state index in [1.165, 1.54) is 12.1 Å². The number of imidazole rings is 1. The van der Waals surface area contributed by atoms with Gasteiger partial charge in [-0.1, -0.05) is 24.3 Å². The highest BCUT2D eigenvalue weighted by molar-refractivity contribution is 6.09. The second kappa shape index (κ2) is 6.89. The molecule has 0 saturated carbocycles. The average Bonchev–Trinajstić information content (AvgIpc) is 3.21. The van der Waals surface area contributed by atoms with Crippen molar-refractivity contribution in [3.63, 3.8) is 0 Å². The summed E-state index contributed by atoms with van der Waals surface area (Å²) in [6.07, 6.45) is 5.09. The molecule has 0 aliphatic heterocycles. The Morgan fingerprint density at radius 1 is 0.933 bits per heavy atom. The zero-order chi connectivity index (χ0) is 20.7. The van der Waals surface area contributed by atoms with Crippen molar-refractivity contribution in [1.82, 2.24) is 19.9 Å². The molecule has 144 valence electrons. The molecule has 2 N–H and O–H groups in total. The molecule has 30 heavy (non-hydrogen) atoms. The minimum Gasteiger partial charge on any atom is -0.478 e. The second-order valence-corrected chi connectivity index (χ2v) is 6.79. The van der Waals surface area contributed by atoms with Crippen LogP contribution in [-0.4, -0.2) is 36.8 Å². The standard InChI is InChI=1S/C23H14N4O3/c28-21(22-26-18-6-5-14(23(29)30)10-20(18)27-22)13-7-8-25-19(9-13)17-12-24-11-15-3-1-2-4-16(15)17/h1-12H,(H,26,27)(H,29,30). The van der Waals surface area contributed by atoms with Crippen LogP contribution >= 0.6 is 0 Å². The van der Waals surface area contributed by atoms with Gasteiger partial charge in [-0.25, -0.2) is 9.78 Å². The third-order valence-electron chi connectivity index (χ3n) is 4.91. The van der Waals surface area contributed by atoms with Crippen molar-refractivity contribution in [2.45, 2.75) is 0 Å². The molecule has 2 aromatic carbocycles. The van der Waals surface area contributed by atoms with Crippen LogP contribution < -0.4 is 0 Å². The van der Waals surface area contributed by atoms with E-state index in [-0.39, 0.29) is 17.2 Å². The fourth-order valence-corrected chi connectivity index (χ4v) is 3.43. The summed E-state index contributed by atoms with van der Waals surface area (Å²) < 4.78 is 0. The number of aromatic amines is 1. The number of aromatic nitrogens is 4. The maximum absolute atomic E-state index is 13.0. The van der Waals surface area contributed by atoms with Gasteiger partial charge in [0.1, 0.15) is 0 Å². The number of nitrogens with one attached hydrogen (secondary N) is 1. The highest BCUT2D eigenvalue weighted by Gasteiger charge is 2.17. The highest BCUT2D eigenvalue weighted by Crippen LogP contribution is 2.27. The molecule has 0 spiro atoms. The number of hydrogen-bond donors (Lipinski definition) is 2. The zero-order valence-electron chi connectivity index (χ0n) is 15.5. The molecule has 0 fully saturated rings. The Kier molecular flexibility index (Phi) is 4.07. The maximum Gasteiger partial charge on any atom is 0.335 e. The Bertz CT molecular complexity index is 1450. The molecular weight excluding hydrogens is 380 g/mol. The number of carboxylic acid groups (broad SMARTS) is 1. The molecule has 3 heterocycles. The van der Waals surface area contributed by atoms with Crippen LogP contribution in [0, 0.1) is 0 Å². The monoisotopic (exact) mass is 394 g/mol. The fraction of sp³-hybridized carbons (Fsp3) is 0. The van der Waals surface area contributed by atoms with Crippen LogP contribution in [0.1, 0.15) is 26.5 Å². The molecule has 0 atom stereocenters. The zero-order valence-corrected chi connectivity index (χ0v) is 15.5. The molecular formula is C23H14N4O3. The van der Waals surface area contributed by atoms with E-state index >= 15 is 0 Å². The van der Waals surface area contributed by atoms with Gasteiger partial charge in [0.15, 0.2) is 5.82 Å². The smallest absolute Gasteiger partial charge is 0.335 e. The first-order chi connectivity index (χ1) is 14.6. The van der Waals surface area contributed by atoms with Crippen molar-refractivity contribution >= 4 is 33.6 Å². The van der Waals surface area contributed by atoms with Crippen LogP contribution in [0.5, 0.6) is 0 Å². The number of benzene rings is 2. The minimum absolute atomic E-state index is 0.125. The Labute approximate surface area is 170 Å². The summed E-state index contributed by atoms with van der Waals surface area (Å²) >= 11 is 0. The number of carbonyl (C=O) groups is 2. The topological polar surface area (TPSA) is 109 Å². The number of rotatable bonds is 4. The largest absolute Gasteiger partial charge is 0.478 e. The molecule has 0 radical (unpaired) electrons. The number of pyridine rings is 2. The third kappa shape index (κ3) is 2.98. The quantitative estimate of drug-likeness (QED) is 0.444. The number of H-pyrrole nitrogens is 1. The number of fused-ring (bicyclic) bond motifs is 2. The summed E-state index contributed by atoms with van der Waals surface area (Å²) in [6.45, 7) is 0. The van der Waals surface area contributed by atoms with Crippen LogP contribution in [0.3, 0.4) is 0 Å². The van der Waals surface area contributed by atoms with E-state index in [2.05, 4.69) is 19.9 Å². The Balaban J connectivity index is 1.56. The van der Waals surface area contributed by atoms with E-state index in [0.29, 0.717) is 22.3 Å². The summed E-state index contributed by atoms with van der Waals surface area (Å²) in [5, 5.41) is 11.1. The van der Waals surface area contributed by atoms with Gasteiger partial charge in [-0.3, -0.25) is 14.8 Å². The SMILES string of the molecule is O=C(O)c1ccc2nc(C(=O)c3ccnc(-c4cncc5ccccc45)c3)[nH]c2c1. The molecule has 5 rings (SSSR count). The lowest BCUT2D eigenvalue weighted by atomic mass is 10.0. The number of aromatic carboxylic acids is 1. The van der Waals surface area contributed by atoms with Crippen LogP contribution in [0.25, 0.3) is 33.1 Å². The first-order valence-electron chi connectivity index (χ1n) is 9.17. The molecule has 7 heteroatoms. The lowest BCUT2D eigenvalue weighted by Crippen LogP contribution is -2.04. The number of carbonyl (C=O) groups excluding carboxylic acids is 1. The summed E-state index contributed by atoms with van der Waals surface area (Å²) in [6, 6.07) is 15.7. The van der Waals surface area contributed by atoms with E-state index in [9.17, 15) is 9.59 Å². The van der Waals surface area contributed by atoms with Gasteiger partial charge in [-0.05, 0) is 35.7 Å². The van der Waals surface area contributed by atoms with Crippen LogP contribution in [0.2, 0.25) is 0 Å². The first-order valence-corrected chi connectivity index (χ1v) is 9.17. The molecule has 0 bridgehead atoms. The molecule has 0 aliphatic rings. The van der Waals surface area contributed by atoms with Crippen molar-refractivity contribution in [2.75, 3.05) is 0 Å². The lowest BCUT2D eigenvalue weighted by molar-refractivity contribution is 0.0697. The number of carboxylic acids is 1. The predicted octanol–water partition coefficient (Wildman–Crippen LogP) is 4.10. The summed E-state index contributed by atoms with van der Waals surface area (Å²) in [5.41, 5.74) is 3.03. The predicted molar refractivity (Wildman–Crippen MR) is 111 cm³/mol. The van der Waals surface area contributed by atoms with Crippen molar-refractivity contribution < 1.29 is 14.7 Å². The molecule has 5 aromatic rings. The normalized spacial score (nSPS) is 11.1. The van der Waals surface area contributed by atoms with Crippen molar-refractivity contribution in [3.05, 3.63) is 90.1 Å². The Hall–Kier alpha value is -4.39. The molecule has 0 saturated heterocycles. The van der Waals surface area contributed by atoms with Gasteiger partial charge in [0.25, 0.3) is 0 Å². The van der Waals surface area contributed by atoms with E-state index in [4.69, 9.17) is 5.11 Å². The van der Waals surface area contributed by atoms with Gasteiger partial charge in [-0.15, -0.1) is 0 Å². The average molecular weight is 394 g/mol. The third-order valence-corrected chi connectivity index (χ3v) is 4.91. The van der Waals surface area contributed by atoms with Gasteiger partial charge in [0.2, 0.25) is 5.78 Å². The first kappa shape index (κ1) is 17.7. The van der Waals surface area contributed by atoms with Crippen molar-refractivity contribution in [3.8, 4) is 11.3 Å². The molecule has 0 aliphatic carbocycles. The second-order valence-electron chi connectivity index (χ2n) is 6.79. The number of nitrogens with zero attached hydrogens (tertiary/aromatic N) is 3. The van der Waals surface area contributed by atoms with Crippen molar-refractivity contribution in [1.29, 1.82) is 0 Å². The number of ketones is 1. The van der Waals surface area contributed by atoms with Crippen LogP contribution in [-0.2, 0) is 0 Å². The summed E-state index contributed by atoms with van der Waals surface area (Å²) in [4.78, 5) is 40.1. The van der Waals surface area contributed by atoms with Gasteiger partial charge in [-0.2, -0.15) is 0 Å². The lowest BCUT2D eigenvalue weighted by Gasteiger charge is -2.06. The molecule has 3 aromatic heterocycles. The van der Waals surface area contributed by atoms with Crippen molar-refractivity contribution in [2.24, 2.45) is 0 Å². The molecule has 7 nitrogen and oxygen atoms in total. The van der Waals surface area contributed by atoms with Crippen LogP contribution in [0.4, 0.5) is 0 Å². The summed E-state index contributed by atoms with van der Waals surface area (Å²) in [5.74, 6) is -1.21.